The van der Waals surface area contributed by atoms with Crippen molar-refractivity contribution >= 4 is 22.4 Å². The van der Waals surface area contributed by atoms with Crippen molar-refractivity contribution in [1.82, 2.24) is 5.32 Å². The van der Waals surface area contributed by atoms with Gasteiger partial charge in [-0.25, -0.2) is 0 Å². The molecule has 0 bridgehead atoms. The molecular formula is C29H29NO3. The maximum atomic E-state index is 12.7. The zero-order valence-corrected chi connectivity index (χ0v) is 19.3. The van der Waals surface area contributed by atoms with Gasteiger partial charge in [-0.1, -0.05) is 60.7 Å². The summed E-state index contributed by atoms with van der Waals surface area (Å²) in [5, 5.41) is 4.07. The molecule has 0 aliphatic carbocycles. The van der Waals surface area contributed by atoms with Gasteiger partial charge in [-0.05, 0) is 49.5 Å². The number of fused-ring (bicyclic) bond motifs is 1. The average molecular weight is 440 g/mol. The van der Waals surface area contributed by atoms with Crippen LogP contribution in [-0.2, 0) is 11.2 Å². The Hall–Kier alpha value is -3.79. The van der Waals surface area contributed by atoms with Crippen LogP contribution in [0.2, 0.25) is 0 Å². The van der Waals surface area contributed by atoms with Crippen LogP contribution in [0.25, 0.3) is 27.7 Å². The molecule has 0 saturated carbocycles. The summed E-state index contributed by atoms with van der Waals surface area (Å²) in [5.41, 5.74) is 5.83. The quantitative estimate of drug-likeness (QED) is 0.313. The van der Waals surface area contributed by atoms with Crippen molar-refractivity contribution in [3.8, 4) is 16.9 Å². The molecule has 4 aromatic rings. The number of nitrogens with one attached hydrogen (secondary N) is 1. The molecule has 4 heteroatoms. The predicted molar refractivity (Wildman–Crippen MR) is 134 cm³/mol. The number of hydrogen-bond acceptors (Lipinski definition) is 3. The molecule has 1 aromatic heterocycles. The van der Waals surface area contributed by atoms with Crippen LogP contribution >= 0.6 is 0 Å². The summed E-state index contributed by atoms with van der Waals surface area (Å²) in [6, 6.07) is 24.4. The standard InChI is InChI=1S/C29H29NO3/c1-20(16-29(31)30-21(2)14-15-22-10-6-4-7-11-22)24-17-25-26(23-12-8-5-9-13-23)19-33-28(25)18-27(24)32-3/h4-13,16-19,21H,14-15H2,1-3H3,(H,30,31)/b20-16+. The van der Waals surface area contributed by atoms with E-state index in [4.69, 9.17) is 9.15 Å². The van der Waals surface area contributed by atoms with Crippen LogP contribution in [0.5, 0.6) is 5.75 Å². The number of hydrogen-bond donors (Lipinski definition) is 1. The molecule has 0 aliphatic rings. The van der Waals surface area contributed by atoms with Crippen molar-refractivity contribution in [2.75, 3.05) is 7.11 Å². The summed E-state index contributed by atoms with van der Waals surface area (Å²) in [4.78, 5) is 12.7. The fraction of sp³-hybridized carbons (Fsp3) is 0.207. The third-order valence-electron chi connectivity index (χ3n) is 5.85. The first kappa shape index (κ1) is 22.4. The van der Waals surface area contributed by atoms with Gasteiger partial charge in [-0.3, -0.25) is 4.79 Å². The van der Waals surface area contributed by atoms with Gasteiger partial charge in [0, 0.05) is 34.7 Å². The molecular weight excluding hydrogens is 410 g/mol. The fourth-order valence-electron chi connectivity index (χ4n) is 4.03. The molecule has 1 N–H and O–H groups in total. The number of allylic oxidation sites excluding steroid dienone is 1. The lowest BCUT2D eigenvalue weighted by molar-refractivity contribution is -0.117. The normalized spacial score (nSPS) is 12.5. The molecule has 0 aliphatic heterocycles. The van der Waals surface area contributed by atoms with Crippen LogP contribution in [0.4, 0.5) is 0 Å². The summed E-state index contributed by atoms with van der Waals surface area (Å²) in [6.45, 7) is 3.97. The van der Waals surface area contributed by atoms with E-state index in [0.29, 0.717) is 5.75 Å². The predicted octanol–water partition coefficient (Wildman–Crippen LogP) is 6.65. The first-order valence-corrected chi connectivity index (χ1v) is 11.2. The smallest absolute Gasteiger partial charge is 0.244 e. The zero-order chi connectivity index (χ0) is 23.2. The molecule has 1 amide bonds. The Balaban J connectivity index is 1.53. The number of ether oxygens (including phenoxy) is 1. The van der Waals surface area contributed by atoms with E-state index in [-0.39, 0.29) is 11.9 Å². The third kappa shape index (κ3) is 5.35. The van der Waals surface area contributed by atoms with Crippen LogP contribution in [0.15, 0.2) is 89.6 Å². The van der Waals surface area contributed by atoms with Crippen molar-refractivity contribution < 1.29 is 13.9 Å². The Kier molecular flexibility index (Phi) is 6.94. The SMILES string of the molecule is COc1cc2occ(-c3ccccc3)c2cc1/C(C)=C/C(=O)NC(C)CCc1ccccc1. The topological polar surface area (TPSA) is 51.5 Å². The molecule has 0 radical (unpaired) electrons. The Morgan fingerprint density at radius 1 is 1.06 bits per heavy atom. The molecule has 4 rings (SSSR count). The monoisotopic (exact) mass is 439 g/mol. The van der Waals surface area contributed by atoms with Gasteiger partial charge >= 0.3 is 0 Å². The Morgan fingerprint density at radius 3 is 2.45 bits per heavy atom. The zero-order valence-electron chi connectivity index (χ0n) is 19.3. The van der Waals surface area contributed by atoms with Crippen molar-refractivity contribution in [3.05, 3.63) is 96.3 Å². The number of rotatable bonds is 8. The highest BCUT2D eigenvalue weighted by atomic mass is 16.5. The Labute approximate surface area is 194 Å². The molecule has 1 unspecified atom stereocenters. The minimum absolute atomic E-state index is 0.0738. The Morgan fingerprint density at radius 2 is 1.76 bits per heavy atom. The van der Waals surface area contributed by atoms with Gasteiger partial charge in [-0.15, -0.1) is 0 Å². The van der Waals surface area contributed by atoms with E-state index in [0.717, 1.165) is 46.1 Å². The maximum absolute atomic E-state index is 12.7. The molecule has 1 atom stereocenters. The number of benzene rings is 3. The van der Waals surface area contributed by atoms with Gasteiger partial charge in [0.1, 0.15) is 11.3 Å². The molecule has 0 saturated heterocycles. The maximum Gasteiger partial charge on any atom is 0.244 e. The van der Waals surface area contributed by atoms with Crippen LogP contribution in [0, 0.1) is 0 Å². The lowest BCUT2D eigenvalue weighted by Gasteiger charge is -2.14. The van der Waals surface area contributed by atoms with Gasteiger partial charge < -0.3 is 14.5 Å². The van der Waals surface area contributed by atoms with E-state index < -0.39 is 0 Å². The summed E-state index contributed by atoms with van der Waals surface area (Å²) >= 11 is 0. The first-order valence-electron chi connectivity index (χ1n) is 11.2. The highest BCUT2D eigenvalue weighted by Gasteiger charge is 2.15. The molecule has 0 fully saturated rings. The first-order chi connectivity index (χ1) is 16.0. The lowest BCUT2D eigenvalue weighted by Crippen LogP contribution is -2.31. The number of methoxy groups -OCH3 is 1. The molecule has 33 heavy (non-hydrogen) atoms. The summed E-state index contributed by atoms with van der Waals surface area (Å²) in [7, 11) is 1.63. The van der Waals surface area contributed by atoms with E-state index in [1.54, 1.807) is 19.4 Å². The largest absolute Gasteiger partial charge is 0.496 e. The van der Waals surface area contributed by atoms with Crippen molar-refractivity contribution in [2.24, 2.45) is 0 Å². The Bertz CT molecular complexity index is 1260. The summed E-state index contributed by atoms with van der Waals surface area (Å²) in [6.07, 6.45) is 5.22. The van der Waals surface area contributed by atoms with Gasteiger partial charge in [0.25, 0.3) is 0 Å². The van der Waals surface area contributed by atoms with E-state index in [1.165, 1.54) is 5.56 Å². The number of aryl methyl sites for hydroxylation is 1. The highest BCUT2D eigenvalue weighted by Crippen LogP contribution is 2.37. The van der Waals surface area contributed by atoms with Crippen LogP contribution < -0.4 is 10.1 Å². The number of amides is 1. The van der Waals surface area contributed by atoms with Crippen LogP contribution in [-0.4, -0.2) is 19.1 Å². The second-order valence-corrected chi connectivity index (χ2v) is 8.33. The van der Waals surface area contributed by atoms with Crippen LogP contribution in [0.1, 0.15) is 31.4 Å². The number of carbonyl (C=O) groups is 1. The van der Waals surface area contributed by atoms with Gasteiger partial charge in [-0.2, -0.15) is 0 Å². The minimum Gasteiger partial charge on any atom is -0.496 e. The molecule has 1 heterocycles. The van der Waals surface area contributed by atoms with Gasteiger partial charge in [0.2, 0.25) is 5.91 Å². The lowest BCUT2D eigenvalue weighted by atomic mass is 9.99. The second kappa shape index (κ2) is 10.2. The van der Waals surface area contributed by atoms with E-state index in [2.05, 4.69) is 29.6 Å². The molecule has 4 nitrogen and oxygen atoms in total. The molecule has 3 aromatic carbocycles. The van der Waals surface area contributed by atoms with Crippen molar-refractivity contribution in [3.63, 3.8) is 0 Å². The fourth-order valence-corrected chi connectivity index (χ4v) is 4.03. The molecule has 0 spiro atoms. The number of carbonyl (C=O) groups excluding carboxylic acids is 1. The average Bonchev–Trinajstić information content (AvgIpc) is 3.26. The summed E-state index contributed by atoms with van der Waals surface area (Å²) < 4.78 is 11.4. The van der Waals surface area contributed by atoms with E-state index >= 15 is 0 Å². The number of furan rings is 1. The molecule has 168 valence electrons. The van der Waals surface area contributed by atoms with Crippen molar-refractivity contribution in [2.45, 2.75) is 32.7 Å². The minimum atomic E-state index is -0.106. The summed E-state index contributed by atoms with van der Waals surface area (Å²) in [5.74, 6) is 0.570. The third-order valence-corrected chi connectivity index (χ3v) is 5.85. The van der Waals surface area contributed by atoms with Crippen LogP contribution in [0.3, 0.4) is 0 Å². The van der Waals surface area contributed by atoms with E-state index in [1.807, 2.05) is 62.4 Å². The highest BCUT2D eigenvalue weighted by molar-refractivity contribution is 6.00. The second-order valence-electron chi connectivity index (χ2n) is 8.33. The van der Waals surface area contributed by atoms with Gasteiger partial charge in [0.05, 0.1) is 13.4 Å². The van der Waals surface area contributed by atoms with Crippen molar-refractivity contribution in [1.29, 1.82) is 0 Å². The van der Waals surface area contributed by atoms with Gasteiger partial charge in [0.15, 0.2) is 0 Å². The van der Waals surface area contributed by atoms with E-state index in [9.17, 15) is 4.79 Å².